The molecule has 0 saturated carbocycles. The molecule has 0 aliphatic carbocycles. The van der Waals surface area contributed by atoms with Gasteiger partial charge in [-0.25, -0.2) is 9.98 Å². The van der Waals surface area contributed by atoms with Gasteiger partial charge in [-0.1, -0.05) is 25.1 Å². The number of thiazole rings is 1. The number of halogens is 1. The average Bonchev–Trinajstić information content (AvgIpc) is 3.22. The van der Waals surface area contributed by atoms with Crippen LogP contribution >= 0.6 is 47.1 Å². The molecular formula is C20H30IN5OS2. The lowest BCUT2D eigenvalue weighted by Crippen LogP contribution is -2.42. The monoisotopic (exact) mass is 547 g/mol. The SMILES string of the molecule is CC(CN(C)C(=NCC(=O)N(C)C)NCCSc1ccccc1)c1nccs1.I. The number of amides is 1. The molecular weight excluding hydrogens is 517 g/mol. The summed E-state index contributed by atoms with van der Waals surface area (Å²) < 4.78 is 0. The summed E-state index contributed by atoms with van der Waals surface area (Å²) >= 11 is 3.46. The van der Waals surface area contributed by atoms with E-state index in [1.54, 1.807) is 42.1 Å². The highest BCUT2D eigenvalue weighted by atomic mass is 127. The molecule has 9 heteroatoms. The molecule has 0 fully saturated rings. The molecule has 0 saturated heterocycles. The first-order valence-corrected chi connectivity index (χ1v) is 11.1. The van der Waals surface area contributed by atoms with Crippen molar-refractivity contribution in [3.05, 3.63) is 46.9 Å². The van der Waals surface area contributed by atoms with Gasteiger partial charge < -0.3 is 15.1 Å². The second-order valence-electron chi connectivity index (χ2n) is 6.67. The van der Waals surface area contributed by atoms with Gasteiger partial charge in [0.2, 0.25) is 5.91 Å². The van der Waals surface area contributed by atoms with E-state index in [2.05, 4.69) is 39.2 Å². The lowest BCUT2D eigenvalue weighted by molar-refractivity contribution is -0.127. The van der Waals surface area contributed by atoms with Crippen molar-refractivity contribution in [3.8, 4) is 0 Å². The van der Waals surface area contributed by atoms with Gasteiger partial charge in [-0.3, -0.25) is 4.79 Å². The molecule has 0 bridgehead atoms. The zero-order valence-electron chi connectivity index (χ0n) is 17.4. The van der Waals surface area contributed by atoms with Crippen LogP contribution in [0.25, 0.3) is 0 Å². The average molecular weight is 548 g/mol. The Balaban J connectivity index is 0.00000420. The Kier molecular flexibility index (Phi) is 12.2. The summed E-state index contributed by atoms with van der Waals surface area (Å²) in [5.41, 5.74) is 0. The summed E-state index contributed by atoms with van der Waals surface area (Å²) in [5.74, 6) is 1.94. The molecule has 1 unspecified atom stereocenters. The van der Waals surface area contributed by atoms with Gasteiger partial charge in [0, 0.05) is 62.4 Å². The Bertz CT molecular complexity index is 741. The van der Waals surface area contributed by atoms with Gasteiger partial charge in [0.1, 0.15) is 6.54 Å². The highest BCUT2D eigenvalue weighted by Crippen LogP contribution is 2.18. The summed E-state index contributed by atoms with van der Waals surface area (Å²) in [6.45, 7) is 3.84. The van der Waals surface area contributed by atoms with Crippen LogP contribution in [0.2, 0.25) is 0 Å². The zero-order chi connectivity index (χ0) is 20.4. The molecule has 0 spiro atoms. The largest absolute Gasteiger partial charge is 0.355 e. The van der Waals surface area contributed by atoms with E-state index in [1.165, 1.54) is 4.90 Å². The third-order valence-corrected chi connectivity index (χ3v) is 6.06. The first-order chi connectivity index (χ1) is 13.5. The second kappa shape index (κ2) is 13.8. The van der Waals surface area contributed by atoms with Crippen LogP contribution in [0.4, 0.5) is 0 Å². The second-order valence-corrected chi connectivity index (χ2v) is 8.76. The van der Waals surface area contributed by atoms with E-state index in [-0.39, 0.29) is 36.4 Å². The molecule has 1 aromatic carbocycles. The molecule has 1 atom stereocenters. The van der Waals surface area contributed by atoms with Crippen molar-refractivity contribution in [1.82, 2.24) is 20.1 Å². The number of guanidine groups is 1. The Morgan fingerprint density at radius 2 is 2.00 bits per heavy atom. The molecule has 2 rings (SSSR count). The molecule has 1 aromatic heterocycles. The number of benzene rings is 1. The summed E-state index contributed by atoms with van der Waals surface area (Å²) in [5, 5.41) is 6.50. The molecule has 29 heavy (non-hydrogen) atoms. The van der Waals surface area contributed by atoms with E-state index < -0.39 is 0 Å². The van der Waals surface area contributed by atoms with Gasteiger partial charge >= 0.3 is 0 Å². The molecule has 1 amide bonds. The Morgan fingerprint density at radius 3 is 2.62 bits per heavy atom. The quantitative estimate of drug-likeness (QED) is 0.171. The predicted octanol–water partition coefficient (Wildman–Crippen LogP) is 3.62. The normalized spacial score (nSPS) is 12.1. The topological polar surface area (TPSA) is 60.8 Å². The molecule has 1 N–H and O–H groups in total. The van der Waals surface area contributed by atoms with Gasteiger partial charge in [0.05, 0.1) is 5.01 Å². The number of nitrogens with zero attached hydrogens (tertiary/aromatic N) is 4. The van der Waals surface area contributed by atoms with E-state index in [0.29, 0.717) is 5.92 Å². The number of carbonyl (C=O) groups excluding carboxylic acids is 1. The Morgan fingerprint density at radius 1 is 1.28 bits per heavy atom. The summed E-state index contributed by atoms with van der Waals surface area (Å²) in [4.78, 5) is 25.8. The van der Waals surface area contributed by atoms with Crippen LogP contribution in [-0.2, 0) is 4.79 Å². The van der Waals surface area contributed by atoms with Crippen LogP contribution in [0.5, 0.6) is 0 Å². The minimum Gasteiger partial charge on any atom is -0.355 e. The molecule has 0 radical (unpaired) electrons. The Labute approximate surface area is 199 Å². The number of hydrogen-bond donors (Lipinski definition) is 1. The minimum atomic E-state index is -0.0145. The number of rotatable bonds is 9. The third kappa shape index (κ3) is 9.35. The van der Waals surface area contributed by atoms with Gasteiger partial charge in [-0.05, 0) is 12.1 Å². The Hall–Kier alpha value is -1.33. The van der Waals surface area contributed by atoms with Gasteiger partial charge in [0.15, 0.2) is 5.96 Å². The number of carbonyl (C=O) groups is 1. The van der Waals surface area contributed by atoms with Crippen LogP contribution in [-0.4, -0.2) is 73.2 Å². The van der Waals surface area contributed by atoms with Crippen LogP contribution in [0.15, 0.2) is 51.8 Å². The number of thioether (sulfide) groups is 1. The number of likely N-dealkylation sites (N-methyl/N-ethyl adjacent to an activating group) is 2. The maximum Gasteiger partial charge on any atom is 0.243 e. The van der Waals surface area contributed by atoms with E-state index in [1.807, 2.05) is 36.8 Å². The van der Waals surface area contributed by atoms with Crippen molar-refractivity contribution < 1.29 is 4.79 Å². The molecule has 6 nitrogen and oxygen atoms in total. The molecule has 160 valence electrons. The van der Waals surface area contributed by atoms with Crippen molar-refractivity contribution in [2.45, 2.75) is 17.7 Å². The number of aliphatic imine (C=N–C) groups is 1. The number of hydrogen-bond acceptors (Lipinski definition) is 5. The minimum absolute atomic E-state index is 0. The maximum absolute atomic E-state index is 12.0. The van der Waals surface area contributed by atoms with E-state index in [9.17, 15) is 4.79 Å². The standard InChI is InChI=1S/C20H29N5OS2.HI/c1-16(19-21-10-13-28-19)15-25(4)20(23-14-18(26)24(2)3)22-11-12-27-17-8-6-5-7-9-17;/h5-10,13,16H,11-12,14-15H2,1-4H3,(H,22,23);1H. The molecule has 0 aliphatic heterocycles. The van der Waals surface area contributed by atoms with Gasteiger partial charge in [-0.15, -0.1) is 47.1 Å². The summed E-state index contributed by atoms with van der Waals surface area (Å²) in [6.07, 6.45) is 1.83. The van der Waals surface area contributed by atoms with E-state index >= 15 is 0 Å². The first-order valence-electron chi connectivity index (χ1n) is 9.24. The maximum atomic E-state index is 12.0. The number of nitrogens with one attached hydrogen (secondary N) is 1. The van der Waals surface area contributed by atoms with Crippen molar-refractivity contribution in [1.29, 1.82) is 0 Å². The van der Waals surface area contributed by atoms with Crippen LogP contribution in [0, 0.1) is 0 Å². The molecule has 1 heterocycles. The highest BCUT2D eigenvalue weighted by Gasteiger charge is 2.15. The van der Waals surface area contributed by atoms with Crippen LogP contribution < -0.4 is 5.32 Å². The lowest BCUT2D eigenvalue weighted by atomic mass is 10.2. The number of aromatic nitrogens is 1. The fraction of sp³-hybridized carbons (Fsp3) is 0.450. The van der Waals surface area contributed by atoms with Crippen molar-refractivity contribution in [2.75, 3.05) is 46.5 Å². The lowest BCUT2D eigenvalue weighted by Gasteiger charge is -2.25. The van der Waals surface area contributed by atoms with Crippen molar-refractivity contribution >= 4 is 58.9 Å². The summed E-state index contributed by atoms with van der Waals surface area (Å²) in [7, 11) is 5.49. The van der Waals surface area contributed by atoms with E-state index in [4.69, 9.17) is 0 Å². The highest BCUT2D eigenvalue weighted by molar-refractivity contribution is 14.0. The van der Waals surface area contributed by atoms with Crippen molar-refractivity contribution in [2.24, 2.45) is 4.99 Å². The first kappa shape index (κ1) is 25.7. The van der Waals surface area contributed by atoms with Crippen LogP contribution in [0.1, 0.15) is 17.8 Å². The molecule has 0 aliphatic rings. The zero-order valence-corrected chi connectivity index (χ0v) is 21.3. The van der Waals surface area contributed by atoms with Crippen LogP contribution in [0.3, 0.4) is 0 Å². The van der Waals surface area contributed by atoms with Crippen molar-refractivity contribution in [3.63, 3.8) is 0 Å². The smallest absolute Gasteiger partial charge is 0.243 e. The predicted molar refractivity (Wildman–Crippen MR) is 135 cm³/mol. The van der Waals surface area contributed by atoms with E-state index in [0.717, 1.165) is 29.8 Å². The fourth-order valence-electron chi connectivity index (χ4n) is 2.50. The molecule has 2 aromatic rings. The summed E-state index contributed by atoms with van der Waals surface area (Å²) in [6, 6.07) is 10.3. The van der Waals surface area contributed by atoms with Gasteiger partial charge in [-0.2, -0.15) is 0 Å². The van der Waals surface area contributed by atoms with Gasteiger partial charge in [0.25, 0.3) is 0 Å². The fourth-order valence-corrected chi connectivity index (χ4v) is 3.98. The third-order valence-electron chi connectivity index (χ3n) is 4.04.